The van der Waals surface area contributed by atoms with Gasteiger partial charge in [0.1, 0.15) is 11.6 Å². The first-order chi connectivity index (χ1) is 13.1. The first kappa shape index (κ1) is 17.3. The Bertz CT molecular complexity index is 1150. The molecule has 0 aliphatic carbocycles. The number of benzene rings is 2. The molecule has 0 atom stereocenters. The van der Waals surface area contributed by atoms with Crippen molar-refractivity contribution >= 4 is 10.9 Å². The highest BCUT2D eigenvalue weighted by atomic mass is 19.1. The van der Waals surface area contributed by atoms with E-state index in [0.717, 1.165) is 39.4 Å². The van der Waals surface area contributed by atoms with Gasteiger partial charge >= 0.3 is 0 Å². The third-order valence-electron chi connectivity index (χ3n) is 4.82. The molecule has 0 amide bonds. The van der Waals surface area contributed by atoms with Gasteiger partial charge in [0.25, 0.3) is 0 Å². The summed E-state index contributed by atoms with van der Waals surface area (Å²) >= 11 is 0. The van der Waals surface area contributed by atoms with Crippen LogP contribution < -0.4 is 0 Å². The highest BCUT2D eigenvalue weighted by Gasteiger charge is 2.13. The molecule has 0 saturated heterocycles. The Labute approximate surface area is 156 Å². The molecule has 0 saturated carbocycles. The summed E-state index contributed by atoms with van der Waals surface area (Å²) in [5.41, 5.74) is 5.78. The van der Waals surface area contributed by atoms with Gasteiger partial charge in [0.05, 0.1) is 5.52 Å². The van der Waals surface area contributed by atoms with Crippen LogP contribution in [0.5, 0.6) is 0 Å². The van der Waals surface area contributed by atoms with Crippen LogP contribution in [0.2, 0.25) is 0 Å². The van der Waals surface area contributed by atoms with E-state index in [2.05, 4.69) is 16.0 Å². The minimum Gasteiger partial charge on any atom is -0.260 e. The molecule has 4 heteroatoms. The number of hydrogen-bond donors (Lipinski definition) is 0. The molecule has 0 aliphatic heterocycles. The SMILES string of the molecule is CCc1ncc(-c2ccc3nccc(C)c3c2)cc1-c1ccc(F)cc1F. The fourth-order valence-corrected chi connectivity index (χ4v) is 3.34. The lowest BCUT2D eigenvalue weighted by Crippen LogP contribution is -1.96. The second-order valence-electron chi connectivity index (χ2n) is 6.56. The Balaban J connectivity index is 1.89. The summed E-state index contributed by atoms with van der Waals surface area (Å²) in [6.07, 6.45) is 4.26. The van der Waals surface area contributed by atoms with Crippen molar-refractivity contribution in [2.45, 2.75) is 20.3 Å². The third-order valence-corrected chi connectivity index (χ3v) is 4.82. The van der Waals surface area contributed by atoms with Gasteiger partial charge in [0.15, 0.2) is 0 Å². The molecular weight excluding hydrogens is 342 g/mol. The smallest absolute Gasteiger partial charge is 0.134 e. The van der Waals surface area contributed by atoms with E-state index in [1.54, 1.807) is 12.4 Å². The van der Waals surface area contributed by atoms with Crippen LogP contribution in [-0.2, 0) is 6.42 Å². The van der Waals surface area contributed by atoms with Gasteiger partial charge in [-0.2, -0.15) is 0 Å². The van der Waals surface area contributed by atoms with Gasteiger partial charge < -0.3 is 0 Å². The number of hydrogen-bond acceptors (Lipinski definition) is 2. The van der Waals surface area contributed by atoms with E-state index in [9.17, 15) is 8.78 Å². The molecule has 0 aliphatic rings. The van der Waals surface area contributed by atoms with Gasteiger partial charge in [0.2, 0.25) is 0 Å². The number of fused-ring (bicyclic) bond motifs is 1. The second kappa shape index (κ2) is 6.88. The van der Waals surface area contributed by atoms with Crippen molar-refractivity contribution < 1.29 is 8.78 Å². The van der Waals surface area contributed by atoms with Crippen LogP contribution in [0.3, 0.4) is 0 Å². The monoisotopic (exact) mass is 360 g/mol. The Kier molecular flexibility index (Phi) is 4.40. The van der Waals surface area contributed by atoms with Gasteiger partial charge in [0, 0.05) is 46.2 Å². The molecule has 27 heavy (non-hydrogen) atoms. The molecule has 134 valence electrons. The molecule has 2 aromatic carbocycles. The van der Waals surface area contributed by atoms with Gasteiger partial charge in [-0.05, 0) is 60.9 Å². The molecule has 0 radical (unpaired) electrons. The number of halogens is 2. The van der Waals surface area contributed by atoms with Crippen LogP contribution in [0, 0.1) is 18.6 Å². The predicted octanol–water partition coefficient (Wildman–Crippen LogP) is 6.11. The lowest BCUT2D eigenvalue weighted by atomic mass is 9.96. The Hall–Kier alpha value is -3.14. The number of pyridine rings is 2. The van der Waals surface area contributed by atoms with Crippen LogP contribution in [0.1, 0.15) is 18.2 Å². The first-order valence-corrected chi connectivity index (χ1v) is 8.87. The fourth-order valence-electron chi connectivity index (χ4n) is 3.34. The molecule has 0 spiro atoms. The summed E-state index contributed by atoms with van der Waals surface area (Å²) in [4.78, 5) is 8.93. The zero-order valence-electron chi connectivity index (χ0n) is 15.1. The van der Waals surface area contributed by atoms with Crippen molar-refractivity contribution in [2.24, 2.45) is 0 Å². The Morgan fingerprint density at radius 1 is 0.852 bits per heavy atom. The van der Waals surface area contributed by atoms with Gasteiger partial charge in [-0.15, -0.1) is 0 Å². The molecule has 2 nitrogen and oxygen atoms in total. The zero-order chi connectivity index (χ0) is 19.0. The average molecular weight is 360 g/mol. The zero-order valence-corrected chi connectivity index (χ0v) is 15.1. The van der Waals surface area contributed by atoms with Crippen molar-refractivity contribution in [3.05, 3.63) is 83.8 Å². The molecule has 0 bridgehead atoms. The van der Waals surface area contributed by atoms with Crippen LogP contribution in [0.25, 0.3) is 33.2 Å². The van der Waals surface area contributed by atoms with Crippen molar-refractivity contribution in [2.75, 3.05) is 0 Å². The molecular formula is C23H18F2N2. The highest BCUT2D eigenvalue weighted by Crippen LogP contribution is 2.32. The summed E-state index contributed by atoms with van der Waals surface area (Å²) < 4.78 is 27.7. The maximum atomic E-state index is 14.4. The summed E-state index contributed by atoms with van der Waals surface area (Å²) in [6.45, 7) is 4.02. The predicted molar refractivity (Wildman–Crippen MR) is 104 cm³/mol. The van der Waals surface area contributed by atoms with E-state index >= 15 is 0 Å². The molecule has 0 unspecified atom stereocenters. The van der Waals surface area contributed by atoms with Crippen molar-refractivity contribution in [1.29, 1.82) is 0 Å². The molecule has 4 aromatic rings. The lowest BCUT2D eigenvalue weighted by molar-refractivity contribution is 0.585. The molecule has 2 heterocycles. The van der Waals surface area contributed by atoms with Crippen molar-refractivity contribution in [3.63, 3.8) is 0 Å². The van der Waals surface area contributed by atoms with E-state index in [4.69, 9.17) is 0 Å². The summed E-state index contributed by atoms with van der Waals surface area (Å²) in [5.74, 6) is -1.17. The maximum absolute atomic E-state index is 14.4. The van der Waals surface area contributed by atoms with E-state index in [-0.39, 0.29) is 0 Å². The lowest BCUT2D eigenvalue weighted by Gasteiger charge is -2.12. The van der Waals surface area contributed by atoms with Crippen molar-refractivity contribution in [1.82, 2.24) is 9.97 Å². The van der Waals surface area contributed by atoms with Crippen LogP contribution in [0.15, 0.2) is 60.9 Å². The van der Waals surface area contributed by atoms with Gasteiger partial charge in [-0.25, -0.2) is 8.78 Å². The quantitative estimate of drug-likeness (QED) is 0.440. The normalized spacial score (nSPS) is 11.1. The number of aromatic nitrogens is 2. The molecule has 0 N–H and O–H groups in total. The minimum absolute atomic E-state index is 0.362. The second-order valence-corrected chi connectivity index (χ2v) is 6.56. The largest absolute Gasteiger partial charge is 0.260 e. The number of rotatable bonds is 3. The van der Waals surface area contributed by atoms with E-state index in [1.807, 2.05) is 38.1 Å². The number of nitrogens with zero attached hydrogens (tertiary/aromatic N) is 2. The standard InChI is InChI=1S/C23H18F2N2/c1-3-22-20(18-6-5-17(24)12-21(18)25)11-16(13-27-22)15-4-7-23-19(10-15)14(2)8-9-26-23/h4-13H,3H2,1-2H3. The van der Waals surface area contributed by atoms with E-state index in [1.165, 1.54) is 12.1 Å². The van der Waals surface area contributed by atoms with E-state index < -0.39 is 11.6 Å². The highest BCUT2D eigenvalue weighted by molar-refractivity contribution is 5.87. The molecule has 2 aromatic heterocycles. The van der Waals surface area contributed by atoms with Crippen LogP contribution in [0.4, 0.5) is 8.78 Å². The third kappa shape index (κ3) is 3.19. The van der Waals surface area contributed by atoms with Crippen LogP contribution in [-0.4, -0.2) is 9.97 Å². The summed E-state index contributed by atoms with van der Waals surface area (Å²) in [5, 5.41) is 1.07. The average Bonchev–Trinajstić information content (AvgIpc) is 2.68. The summed E-state index contributed by atoms with van der Waals surface area (Å²) in [7, 11) is 0. The maximum Gasteiger partial charge on any atom is 0.134 e. The topological polar surface area (TPSA) is 25.8 Å². The minimum atomic E-state index is -0.587. The van der Waals surface area contributed by atoms with Gasteiger partial charge in [-0.3, -0.25) is 9.97 Å². The first-order valence-electron chi connectivity index (χ1n) is 8.87. The summed E-state index contributed by atoms with van der Waals surface area (Å²) in [6, 6.07) is 13.6. The number of aryl methyl sites for hydroxylation is 2. The fraction of sp³-hybridized carbons (Fsp3) is 0.130. The Morgan fingerprint density at radius 3 is 2.48 bits per heavy atom. The molecule has 4 rings (SSSR count). The Morgan fingerprint density at radius 2 is 1.70 bits per heavy atom. The van der Waals surface area contributed by atoms with Gasteiger partial charge in [-0.1, -0.05) is 13.0 Å². The van der Waals surface area contributed by atoms with Crippen LogP contribution >= 0.6 is 0 Å². The van der Waals surface area contributed by atoms with E-state index in [0.29, 0.717) is 17.5 Å². The molecule has 0 fully saturated rings. The van der Waals surface area contributed by atoms with Crippen molar-refractivity contribution in [3.8, 4) is 22.3 Å².